The Morgan fingerprint density at radius 2 is 1.84 bits per heavy atom. The van der Waals surface area contributed by atoms with Gasteiger partial charge in [-0.25, -0.2) is 0 Å². The minimum Gasteiger partial charge on any atom is -0.326 e. The zero-order valence-electron chi connectivity index (χ0n) is 10.8. The third-order valence-electron chi connectivity index (χ3n) is 4.23. The fourth-order valence-corrected chi connectivity index (χ4v) is 3.42. The second-order valence-corrected chi connectivity index (χ2v) is 5.92. The van der Waals surface area contributed by atoms with Gasteiger partial charge in [-0.05, 0) is 55.7 Å². The molecule has 1 saturated carbocycles. The average molecular weight is 276 g/mol. The maximum Gasteiger partial charge on any atom is 0.228 e. The van der Waals surface area contributed by atoms with Crippen LogP contribution in [0, 0.1) is 17.8 Å². The van der Waals surface area contributed by atoms with E-state index in [1.165, 1.54) is 0 Å². The lowest BCUT2D eigenvalue weighted by Crippen LogP contribution is -2.15. The highest BCUT2D eigenvalue weighted by Gasteiger charge is 2.53. The minimum absolute atomic E-state index is 0.166. The fourth-order valence-electron chi connectivity index (χ4n) is 3.23. The van der Waals surface area contributed by atoms with Crippen molar-refractivity contribution >= 4 is 23.2 Å². The Hall–Kier alpha value is -1.28. The van der Waals surface area contributed by atoms with Gasteiger partial charge in [0.1, 0.15) is 0 Å². The second kappa shape index (κ2) is 5.38. The van der Waals surface area contributed by atoms with Gasteiger partial charge >= 0.3 is 0 Å². The average Bonchev–Trinajstić information content (AvgIpc) is 3.00. The van der Waals surface area contributed by atoms with E-state index in [9.17, 15) is 4.79 Å². The summed E-state index contributed by atoms with van der Waals surface area (Å²) in [7, 11) is 0. The first-order valence-corrected chi connectivity index (χ1v) is 7.35. The lowest BCUT2D eigenvalue weighted by Gasteiger charge is -2.05. The summed E-state index contributed by atoms with van der Waals surface area (Å²) in [6, 6.07) is 7.35. The van der Waals surface area contributed by atoms with Gasteiger partial charge in [0, 0.05) is 16.6 Å². The molecule has 2 unspecified atom stereocenters. The molecule has 1 aromatic carbocycles. The Labute approximate surface area is 118 Å². The van der Waals surface area contributed by atoms with Crippen LogP contribution < -0.4 is 5.32 Å². The first-order chi connectivity index (χ1) is 9.25. The van der Waals surface area contributed by atoms with Crippen molar-refractivity contribution in [2.45, 2.75) is 25.7 Å². The number of hydrogen-bond donors (Lipinski definition) is 1. The molecule has 3 heteroatoms. The van der Waals surface area contributed by atoms with Crippen LogP contribution in [0.1, 0.15) is 25.7 Å². The number of anilines is 1. The monoisotopic (exact) mass is 275 g/mol. The third kappa shape index (κ3) is 2.84. The first kappa shape index (κ1) is 12.7. The number of halogens is 1. The standard InChI is InChI=1S/C16H18ClNO/c17-11-6-5-7-12(10-11)18-16(19)15-13-8-3-1-2-4-9-14(13)15/h1-2,5-7,10,13-15H,3-4,8-9H2,(H,18,19). The van der Waals surface area contributed by atoms with E-state index in [-0.39, 0.29) is 11.8 Å². The predicted octanol–water partition coefficient (Wildman–Crippen LogP) is 4.27. The van der Waals surface area contributed by atoms with Gasteiger partial charge in [0.15, 0.2) is 0 Å². The number of rotatable bonds is 2. The van der Waals surface area contributed by atoms with Gasteiger partial charge in [-0.1, -0.05) is 29.8 Å². The SMILES string of the molecule is O=C(Nc1cccc(Cl)c1)C1C2CCC=CCCC21. The molecule has 0 radical (unpaired) electrons. The molecule has 0 heterocycles. The van der Waals surface area contributed by atoms with Crippen LogP contribution in [0.25, 0.3) is 0 Å². The summed E-state index contributed by atoms with van der Waals surface area (Å²) in [6.07, 6.45) is 9.02. The van der Waals surface area contributed by atoms with Gasteiger partial charge in [0.05, 0.1) is 0 Å². The molecule has 2 aliphatic carbocycles. The van der Waals surface area contributed by atoms with Crippen LogP contribution in [0.5, 0.6) is 0 Å². The molecular weight excluding hydrogens is 258 g/mol. The molecule has 2 aliphatic rings. The van der Waals surface area contributed by atoms with Crippen LogP contribution in [-0.4, -0.2) is 5.91 Å². The molecule has 0 aliphatic heterocycles. The normalized spacial score (nSPS) is 29.0. The molecule has 0 aromatic heterocycles. The van der Waals surface area contributed by atoms with Crippen LogP contribution in [0.2, 0.25) is 5.02 Å². The molecule has 1 fully saturated rings. The lowest BCUT2D eigenvalue weighted by molar-refractivity contribution is -0.117. The van der Waals surface area contributed by atoms with Crippen LogP contribution in [0.3, 0.4) is 0 Å². The number of benzene rings is 1. The van der Waals surface area contributed by atoms with Crippen LogP contribution in [-0.2, 0) is 4.79 Å². The highest BCUT2D eigenvalue weighted by molar-refractivity contribution is 6.30. The van der Waals surface area contributed by atoms with E-state index in [1.54, 1.807) is 6.07 Å². The summed E-state index contributed by atoms with van der Waals surface area (Å²) in [4.78, 5) is 12.3. The lowest BCUT2D eigenvalue weighted by atomic mass is 10.1. The van der Waals surface area contributed by atoms with E-state index in [1.807, 2.05) is 18.2 Å². The van der Waals surface area contributed by atoms with Gasteiger partial charge in [0.2, 0.25) is 5.91 Å². The Morgan fingerprint density at radius 3 is 2.47 bits per heavy atom. The molecule has 19 heavy (non-hydrogen) atoms. The zero-order valence-corrected chi connectivity index (χ0v) is 11.6. The van der Waals surface area contributed by atoms with Crippen molar-refractivity contribution < 1.29 is 4.79 Å². The van der Waals surface area contributed by atoms with Crippen LogP contribution >= 0.6 is 11.6 Å². The van der Waals surface area contributed by atoms with Gasteiger partial charge in [-0.2, -0.15) is 0 Å². The number of hydrogen-bond acceptors (Lipinski definition) is 1. The summed E-state index contributed by atoms with van der Waals surface area (Å²) in [5.74, 6) is 1.55. The molecule has 2 nitrogen and oxygen atoms in total. The fraction of sp³-hybridized carbons (Fsp3) is 0.438. The van der Waals surface area contributed by atoms with Crippen molar-refractivity contribution in [3.8, 4) is 0 Å². The predicted molar refractivity (Wildman–Crippen MR) is 78.2 cm³/mol. The maximum absolute atomic E-state index is 12.3. The van der Waals surface area contributed by atoms with Crippen LogP contribution in [0.4, 0.5) is 5.69 Å². The van der Waals surface area contributed by atoms with Crippen LogP contribution in [0.15, 0.2) is 36.4 Å². The summed E-state index contributed by atoms with van der Waals surface area (Å²) in [5.41, 5.74) is 0.801. The molecule has 1 N–H and O–H groups in total. The molecule has 1 amide bonds. The molecule has 0 spiro atoms. The minimum atomic E-state index is 0.166. The van der Waals surface area contributed by atoms with Crippen molar-refractivity contribution in [2.75, 3.05) is 5.32 Å². The third-order valence-corrected chi connectivity index (χ3v) is 4.46. The van der Waals surface area contributed by atoms with Gasteiger partial charge < -0.3 is 5.32 Å². The molecule has 0 bridgehead atoms. The van der Waals surface area contributed by atoms with E-state index in [4.69, 9.17) is 11.6 Å². The van der Waals surface area contributed by atoms with Crippen molar-refractivity contribution in [3.63, 3.8) is 0 Å². The molecule has 1 aromatic rings. The van der Waals surface area contributed by atoms with E-state index in [0.717, 1.165) is 31.4 Å². The van der Waals surface area contributed by atoms with Crippen molar-refractivity contribution in [1.82, 2.24) is 0 Å². The Kier molecular flexibility index (Phi) is 3.61. The van der Waals surface area contributed by atoms with Crippen molar-refractivity contribution in [2.24, 2.45) is 17.8 Å². The quantitative estimate of drug-likeness (QED) is 0.803. The number of fused-ring (bicyclic) bond motifs is 1. The molecule has 100 valence electrons. The summed E-state index contributed by atoms with van der Waals surface area (Å²) in [5, 5.41) is 3.65. The van der Waals surface area contributed by atoms with Gasteiger partial charge in [-0.3, -0.25) is 4.79 Å². The highest BCUT2D eigenvalue weighted by atomic mass is 35.5. The van der Waals surface area contributed by atoms with E-state index in [2.05, 4.69) is 17.5 Å². The van der Waals surface area contributed by atoms with Gasteiger partial charge in [-0.15, -0.1) is 0 Å². The van der Waals surface area contributed by atoms with Gasteiger partial charge in [0.25, 0.3) is 0 Å². The Balaban J connectivity index is 1.63. The smallest absolute Gasteiger partial charge is 0.228 e. The Bertz CT molecular complexity index is 495. The summed E-state index contributed by atoms with van der Waals surface area (Å²) < 4.78 is 0. The number of amides is 1. The molecule has 3 rings (SSSR count). The number of carbonyl (C=O) groups excluding carboxylic acids is 1. The molecule has 0 saturated heterocycles. The summed E-state index contributed by atoms with van der Waals surface area (Å²) in [6.45, 7) is 0. The number of allylic oxidation sites excluding steroid dienone is 2. The highest BCUT2D eigenvalue weighted by Crippen LogP contribution is 2.53. The summed E-state index contributed by atoms with van der Waals surface area (Å²) >= 11 is 5.93. The largest absolute Gasteiger partial charge is 0.326 e. The topological polar surface area (TPSA) is 29.1 Å². The zero-order chi connectivity index (χ0) is 13.2. The number of carbonyl (C=O) groups is 1. The molecular formula is C16H18ClNO. The van der Waals surface area contributed by atoms with E-state index in [0.29, 0.717) is 16.9 Å². The van der Waals surface area contributed by atoms with E-state index < -0.39 is 0 Å². The van der Waals surface area contributed by atoms with Crippen molar-refractivity contribution in [3.05, 3.63) is 41.4 Å². The van der Waals surface area contributed by atoms with E-state index >= 15 is 0 Å². The number of nitrogens with one attached hydrogen (secondary N) is 1. The molecule has 2 atom stereocenters. The maximum atomic E-state index is 12.3. The Morgan fingerprint density at radius 1 is 1.16 bits per heavy atom. The first-order valence-electron chi connectivity index (χ1n) is 6.97. The van der Waals surface area contributed by atoms with Crippen molar-refractivity contribution in [1.29, 1.82) is 0 Å². The second-order valence-electron chi connectivity index (χ2n) is 5.48.